The van der Waals surface area contributed by atoms with Gasteiger partial charge in [0.25, 0.3) is 0 Å². The van der Waals surface area contributed by atoms with E-state index in [0.29, 0.717) is 41.2 Å². The van der Waals surface area contributed by atoms with E-state index >= 15 is 0 Å². The fourth-order valence-corrected chi connectivity index (χ4v) is 4.42. The average molecular weight is 514 g/mol. The van der Waals surface area contributed by atoms with Crippen LogP contribution in [-0.4, -0.2) is 28.9 Å². The zero-order valence-corrected chi connectivity index (χ0v) is 21.6. The van der Waals surface area contributed by atoms with E-state index in [0.717, 1.165) is 29.0 Å². The number of benzene rings is 2. The van der Waals surface area contributed by atoms with Crippen LogP contribution in [0.1, 0.15) is 48.7 Å². The number of amides is 1. The largest absolute Gasteiger partial charge is 0.490 e. The minimum Gasteiger partial charge on any atom is -0.490 e. The zero-order valence-electron chi connectivity index (χ0n) is 20.1. The number of aromatic nitrogens is 2. The summed E-state index contributed by atoms with van der Waals surface area (Å²) in [6.45, 7) is 7.77. The molecule has 184 valence electrons. The molecule has 0 saturated carbocycles. The van der Waals surface area contributed by atoms with Crippen LogP contribution in [0.5, 0.6) is 11.5 Å². The number of rotatable bonds is 7. The molecule has 0 fully saturated rings. The molecule has 1 aliphatic rings. The lowest BCUT2D eigenvalue weighted by Gasteiger charge is -2.23. The second-order valence-electron chi connectivity index (χ2n) is 8.89. The first-order valence-corrected chi connectivity index (χ1v) is 12.4. The molecule has 1 aromatic heterocycles. The van der Waals surface area contributed by atoms with E-state index in [1.807, 2.05) is 49.4 Å². The van der Waals surface area contributed by atoms with Crippen molar-refractivity contribution in [3.8, 4) is 11.5 Å². The Hall–Kier alpha value is -2.96. The predicted octanol–water partition coefficient (Wildman–Crippen LogP) is 6.23. The molecule has 0 bridgehead atoms. The smallest absolute Gasteiger partial charge is 0.244 e. The van der Waals surface area contributed by atoms with Gasteiger partial charge in [-0.15, -0.1) is 0 Å². The number of ether oxygens (including phenoxy) is 2. The SMILES string of the molecule is Cc1nn(Cc2ccc(Cl)cc2)c(Cl)c1/C=C/C(=O)N[C@@H](c1ccc2c(c1)OCCCO2)C(C)C. The second-order valence-corrected chi connectivity index (χ2v) is 9.69. The van der Waals surface area contributed by atoms with Gasteiger partial charge >= 0.3 is 0 Å². The Morgan fingerprint density at radius 3 is 2.54 bits per heavy atom. The van der Waals surface area contributed by atoms with Gasteiger partial charge in [0.05, 0.1) is 31.5 Å². The van der Waals surface area contributed by atoms with Gasteiger partial charge in [-0.05, 0) is 54.3 Å². The molecule has 2 heterocycles. The first-order chi connectivity index (χ1) is 16.8. The molecule has 0 saturated heterocycles. The summed E-state index contributed by atoms with van der Waals surface area (Å²) in [5, 5.41) is 8.80. The molecular formula is C27H29Cl2N3O3. The Kier molecular flexibility index (Phi) is 8.04. The summed E-state index contributed by atoms with van der Waals surface area (Å²) in [6, 6.07) is 13.2. The molecule has 0 unspecified atom stereocenters. The molecule has 3 aromatic rings. The third-order valence-electron chi connectivity index (χ3n) is 5.85. The number of hydrogen-bond donors (Lipinski definition) is 1. The maximum absolute atomic E-state index is 12.9. The summed E-state index contributed by atoms with van der Waals surface area (Å²) in [6.07, 6.45) is 4.06. The number of carbonyl (C=O) groups is 1. The Morgan fingerprint density at radius 2 is 1.83 bits per heavy atom. The van der Waals surface area contributed by atoms with Crippen LogP contribution in [-0.2, 0) is 11.3 Å². The fourth-order valence-electron chi connectivity index (χ4n) is 3.99. The lowest BCUT2D eigenvalue weighted by Crippen LogP contribution is -2.30. The van der Waals surface area contributed by atoms with Crippen LogP contribution >= 0.6 is 23.2 Å². The normalized spacial score (nSPS) is 14.2. The van der Waals surface area contributed by atoms with E-state index in [4.69, 9.17) is 32.7 Å². The number of halogens is 2. The van der Waals surface area contributed by atoms with E-state index in [2.05, 4.69) is 24.3 Å². The van der Waals surface area contributed by atoms with E-state index < -0.39 is 0 Å². The molecule has 1 atom stereocenters. The van der Waals surface area contributed by atoms with Gasteiger partial charge in [0.2, 0.25) is 5.91 Å². The fraction of sp³-hybridized carbons (Fsp3) is 0.333. The van der Waals surface area contributed by atoms with Gasteiger partial charge in [-0.25, -0.2) is 4.68 Å². The molecule has 8 heteroatoms. The molecule has 1 aliphatic heterocycles. The van der Waals surface area contributed by atoms with Gasteiger partial charge in [0, 0.05) is 23.1 Å². The second kappa shape index (κ2) is 11.2. The maximum Gasteiger partial charge on any atom is 0.244 e. The molecule has 1 amide bonds. The van der Waals surface area contributed by atoms with Gasteiger partial charge in [0.1, 0.15) is 5.15 Å². The number of nitrogens with zero attached hydrogens (tertiary/aromatic N) is 2. The lowest BCUT2D eigenvalue weighted by atomic mass is 9.95. The van der Waals surface area contributed by atoms with E-state index in [1.54, 1.807) is 10.8 Å². The van der Waals surface area contributed by atoms with Crippen molar-refractivity contribution in [1.82, 2.24) is 15.1 Å². The van der Waals surface area contributed by atoms with E-state index in [-0.39, 0.29) is 17.9 Å². The van der Waals surface area contributed by atoms with E-state index in [1.165, 1.54) is 6.08 Å². The highest BCUT2D eigenvalue weighted by Crippen LogP contribution is 2.34. The number of fused-ring (bicyclic) bond motifs is 1. The number of nitrogens with one attached hydrogen (secondary N) is 1. The zero-order chi connectivity index (χ0) is 24.9. The van der Waals surface area contributed by atoms with E-state index in [9.17, 15) is 4.79 Å². The molecule has 0 radical (unpaired) electrons. The summed E-state index contributed by atoms with van der Waals surface area (Å²) in [4.78, 5) is 12.9. The Balaban J connectivity index is 1.47. The molecule has 0 aliphatic carbocycles. The lowest BCUT2D eigenvalue weighted by molar-refractivity contribution is -0.117. The van der Waals surface area contributed by atoms with Crippen LogP contribution in [0, 0.1) is 12.8 Å². The monoisotopic (exact) mass is 513 g/mol. The average Bonchev–Trinajstić information content (AvgIpc) is 2.98. The van der Waals surface area contributed by atoms with Crippen molar-refractivity contribution in [3.63, 3.8) is 0 Å². The van der Waals surface area contributed by atoms with Crippen molar-refractivity contribution in [3.05, 3.63) is 81.1 Å². The van der Waals surface area contributed by atoms with Crippen LogP contribution in [0.2, 0.25) is 10.2 Å². The van der Waals surface area contributed by atoms with Crippen LogP contribution in [0.3, 0.4) is 0 Å². The van der Waals surface area contributed by atoms with Crippen LogP contribution in [0.25, 0.3) is 6.08 Å². The summed E-state index contributed by atoms with van der Waals surface area (Å²) in [7, 11) is 0. The van der Waals surface area contributed by atoms with Crippen molar-refractivity contribution in [1.29, 1.82) is 0 Å². The standard InChI is InChI=1S/C27H29Cl2N3O3/c1-17(2)26(20-7-11-23-24(15-20)35-14-4-13-34-23)30-25(33)12-10-22-18(3)31-32(27(22)29)16-19-5-8-21(28)9-6-19/h5-12,15,17,26H,4,13-14,16H2,1-3H3,(H,30,33)/b12-10+/t26-/m1/s1. The summed E-state index contributed by atoms with van der Waals surface area (Å²) >= 11 is 12.6. The predicted molar refractivity (Wildman–Crippen MR) is 139 cm³/mol. The maximum atomic E-state index is 12.9. The van der Waals surface area contributed by atoms with Crippen molar-refractivity contribution in [2.75, 3.05) is 13.2 Å². The topological polar surface area (TPSA) is 65.4 Å². The minimum absolute atomic E-state index is 0.171. The van der Waals surface area contributed by atoms with Gasteiger partial charge in [-0.3, -0.25) is 4.79 Å². The van der Waals surface area contributed by atoms with Crippen LogP contribution in [0.4, 0.5) is 0 Å². The van der Waals surface area contributed by atoms with Crippen molar-refractivity contribution >= 4 is 35.2 Å². The number of hydrogen-bond acceptors (Lipinski definition) is 4. The first-order valence-electron chi connectivity index (χ1n) is 11.7. The van der Waals surface area contributed by atoms with Gasteiger partial charge in [-0.1, -0.05) is 55.2 Å². The third kappa shape index (κ3) is 6.19. The molecule has 4 rings (SSSR count). The summed E-state index contributed by atoms with van der Waals surface area (Å²) in [5.41, 5.74) is 3.46. The van der Waals surface area contributed by atoms with Crippen LogP contribution < -0.4 is 14.8 Å². The van der Waals surface area contributed by atoms with Crippen LogP contribution in [0.15, 0.2) is 48.5 Å². The molecule has 35 heavy (non-hydrogen) atoms. The highest BCUT2D eigenvalue weighted by Gasteiger charge is 2.21. The molecular weight excluding hydrogens is 485 g/mol. The highest BCUT2D eigenvalue weighted by molar-refractivity contribution is 6.31. The van der Waals surface area contributed by atoms with Crippen molar-refractivity contribution < 1.29 is 14.3 Å². The minimum atomic E-state index is -0.211. The Morgan fingerprint density at radius 1 is 1.11 bits per heavy atom. The van der Waals surface area contributed by atoms with Gasteiger partial charge in [-0.2, -0.15) is 5.10 Å². The summed E-state index contributed by atoms with van der Waals surface area (Å²) in [5.74, 6) is 1.41. The van der Waals surface area contributed by atoms with Gasteiger partial charge in [0.15, 0.2) is 11.5 Å². The highest BCUT2D eigenvalue weighted by atomic mass is 35.5. The van der Waals surface area contributed by atoms with Crippen molar-refractivity contribution in [2.24, 2.45) is 5.92 Å². The molecule has 6 nitrogen and oxygen atoms in total. The molecule has 1 N–H and O–H groups in total. The Labute approximate surface area is 215 Å². The number of carbonyl (C=O) groups excluding carboxylic acids is 1. The number of aryl methyl sites for hydroxylation is 1. The Bertz CT molecular complexity index is 1220. The van der Waals surface area contributed by atoms with Crippen molar-refractivity contribution in [2.45, 2.75) is 39.8 Å². The quantitative estimate of drug-likeness (QED) is 0.380. The molecule has 2 aromatic carbocycles. The van der Waals surface area contributed by atoms with Gasteiger partial charge < -0.3 is 14.8 Å². The first kappa shape index (κ1) is 25.1. The third-order valence-corrected chi connectivity index (χ3v) is 6.50. The summed E-state index contributed by atoms with van der Waals surface area (Å²) < 4.78 is 13.3. The molecule has 0 spiro atoms.